The lowest BCUT2D eigenvalue weighted by atomic mass is 9.97. The molecule has 2 atom stereocenters. The van der Waals surface area contributed by atoms with Crippen LogP contribution in [0.1, 0.15) is 42.1 Å². The summed E-state index contributed by atoms with van der Waals surface area (Å²) in [4.78, 5) is 28.7. The molecule has 5 heteroatoms. The minimum atomic E-state index is -0.0848. The van der Waals surface area contributed by atoms with Crippen molar-refractivity contribution < 1.29 is 9.59 Å². The number of carbonyl (C=O) groups excluding carboxylic acids is 2. The summed E-state index contributed by atoms with van der Waals surface area (Å²) in [5, 5.41) is 3.18. The molecular formula is C20H27N3O2. The maximum absolute atomic E-state index is 12.6. The molecule has 25 heavy (non-hydrogen) atoms. The summed E-state index contributed by atoms with van der Waals surface area (Å²) < 4.78 is 0. The zero-order valence-electron chi connectivity index (χ0n) is 15.1. The van der Waals surface area contributed by atoms with Crippen molar-refractivity contribution in [2.24, 2.45) is 0 Å². The van der Waals surface area contributed by atoms with Crippen molar-refractivity contribution in [1.29, 1.82) is 0 Å². The van der Waals surface area contributed by atoms with E-state index < -0.39 is 0 Å². The Labute approximate surface area is 149 Å². The second kappa shape index (κ2) is 7.40. The van der Waals surface area contributed by atoms with Crippen molar-refractivity contribution in [2.45, 2.75) is 44.7 Å². The Morgan fingerprint density at radius 3 is 2.84 bits per heavy atom. The van der Waals surface area contributed by atoms with Crippen LogP contribution in [0.25, 0.3) is 0 Å². The van der Waals surface area contributed by atoms with Crippen LogP contribution in [0, 0.1) is 0 Å². The third-order valence-electron chi connectivity index (χ3n) is 5.44. The lowest BCUT2D eigenvalue weighted by Gasteiger charge is -2.35. The van der Waals surface area contributed by atoms with Crippen molar-refractivity contribution >= 4 is 17.5 Å². The smallest absolute Gasteiger partial charge is 0.251 e. The molecule has 1 aromatic rings. The number of hydrogen-bond donors (Lipinski definition) is 1. The second-order valence-corrected chi connectivity index (χ2v) is 7.17. The molecule has 0 saturated carbocycles. The standard InChI is InChI=1S/C20H27N3O2/c1-4-19(24)23-10-5-6-15-13-16(7-8-18(15)23)20(25)21-17-9-11-22(3)14(2)12-17/h4,7-8,13-14,17H,1,5-6,9-12H2,2-3H3,(H,21,25). The maximum atomic E-state index is 12.6. The molecule has 0 radical (unpaired) electrons. The Balaban J connectivity index is 1.72. The zero-order chi connectivity index (χ0) is 18.0. The Morgan fingerprint density at radius 1 is 1.32 bits per heavy atom. The average Bonchev–Trinajstić information content (AvgIpc) is 2.63. The van der Waals surface area contributed by atoms with Crippen molar-refractivity contribution in [3.63, 3.8) is 0 Å². The van der Waals surface area contributed by atoms with E-state index in [-0.39, 0.29) is 17.9 Å². The Bertz CT molecular complexity index is 686. The quantitative estimate of drug-likeness (QED) is 0.859. The summed E-state index contributed by atoms with van der Waals surface area (Å²) >= 11 is 0. The van der Waals surface area contributed by atoms with Gasteiger partial charge in [0.1, 0.15) is 0 Å². The first-order valence-corrected chi connectivity index (χ1v) is 9.07. The number of likely N-dealkylation sites (tertiary alicyclic amines) is 1. The monoisotopic (exact) mass is 341 g/mol. The summed E-state index contributed by atoms with van der Waals surface area (Å²) in [6, 6.07) is 6.36. The second-order valence-electron chi connectivity index (χ2n) is 7.17. The molecule has 2 aliphatic rings. The van der Waals surface area contributed by atoms with Crippen molar-refractivity contribution in [3.8, 4) is 0 Å². The number of nitrogens with zero attached hydrogens (tertiary/aromatic N) is 2. The van der Waals surface area contributed by atoms with Crippen molar-refractivity contribution in [2.75, 3.05) is 25.0 Å². The van der Waals surface area contributed by atoms with Crippen LogP contribution in [-0.4, -0.2) is 48.9 Å². The summed E-state index contributed by atoms with van der Waals surface area (Å²) in [6.07, 6.45) is 5.11. The van der Waals surface area contributed by atoms with Gasteiger partial charge >= 0.3 is 0 Å². The number of amides is 2. The van der Waals surface area contributed by atoms with E-state index in [0.29, 0.717) is 18.2 Å². The first kappa shape index (κ1) is 17.7. The van der Waals surface area contributed by atoms with E-state index in [2.05, 4.69) is 30.8 Å². The van der Waals surface area contributed by atoms with E-state index in [0.717, 1.165) is 43.5 Å². The molecule has 134 valence electrons. The number of nitrogens with one attached hydrogen (secondary N) is 1. The van der Waals surface area contributed by atoms with E-state index in [4.69, 9.17) is 0 Å². The Kier molecular flexibility index (Phi) is 5.23. The van der Waals surface area contributed by atoms with Gasteiger partial charge in [-0.05, 0) is 69.5 Å². The van der Waals surface area contributed by atoms with Crippen LogP contribution in [0.4, 0.5) is 5.69 Å². The molecular weight excluding hydrogens is 314 g/mol. The van der Waals surface area contributed by atoms with Gasteiger partial charge in [-0.1, -0.05) is 6.58 Å². The number of carbonyl (C=O) groups is 2. The highest BCUT2D eigenvalue weighted by atomic mass is 16.2. The van der Waals surface area contributed by atoms with E-state index in [1.54, 1.807) is 4.90 Å². The number of rotatable bonds is 3. The van der Waals surface area contributed by atoms with Gasteiger partial charge < -0.3 is 15.1 Å². The highest BCUT2D eigenvalue weighted by molar-refractivity contribution is 6.02. The molecule has 2 heterocycles. The van der Waals surface area contributed by atoms with Crippen molar-refractivity contribution in [1.82, 2.24) is 10.2 Å². The van der Waals surface area contributed by atoms with Crippen molar-refractivity contribution in [3.05, 3.63) is 42.0 Å². The molecule has 0 spiro atoms. The van der Waals surface area contributed by atoms with Crippen LogP contribution in [0.2, 0.25) is 0 Å². The Hall–Kier alpha value is -2.14. The highest BCUT2D eigenvalue weighted by Gasteiger charge is 2.25. The van der Waals surface area contributed by atoms with E-state index in [1.165, 1.54) is 6.08 Å². The minimum absolute atomic E-state index is 0.0169. The first-order chi connectivity index (χ1) is 12.0. The summed E-state index contributed by atoms with van der Waals surface area (Å²) in [5.41, 5.74) is 2.64. The van der Waals surface area contributed by atoms with Gasteiger partial charge in [0.05, 0.1) is 0 Å². The predicted octanol–water partition coefficient (Wildman–Crippen LogP) is 2.36. The zero-order valence-corrected chi connectivity index (χ0v) is 15.1. The van der Waals surface area contributed by atoms with Crippen LogP contribution in [0.15, 0.2) is 30.9 Å². The van der Waals surface area contributed by atoms with E-state index in [1.807, 2.05) is 18.2 Å². The van der Waals surface area contributed by atoms with Gasteiger partial charge in [0.15, 0.2) is 0 Å². The molecule has 2 unspecified atom stereocenters. The molecule has 0 bridgehead atoms. The highest BCUT2D eigenvalue weighted by Crippen LogP contribution is 2.28. The van der Waals surface area contributed by atoms with E-state index in [9.17, 15) is 9.59 Å². The fourth-order valence-corrected chi connectivity index (χ4v) is 3.77. The lowest BCUT2D eigenvalue weighted by Crippen LogP contribution is -2.47. The predicted molar refractivity (Wildman–Crippen MR) is 99.9 cm³/mol. The van der Waals surface area contributed by atoms with Crippen LogP contribution < -0.4 is 10.2 Å². The molecule has 1 saturated heterocycles. The molecule has 1 fully saturated rings. The van der Waals surface area contributed by atoms with Crippen LogP contribution in [0.3, 0.4) is 0 Å². The largest absolute Gasteiger partial charge is 0.349 e. The van der Waals surface area contributed by atoms with Crippen LogP contribution in [-0.2, 0) is 11.2 Å². The number of fused-ring (bicyclic) bond motifs is 1. The first-order valence-electron chi connectivity index (χ1n) is 9.07. The summed E-state index contributed by atoms with van der Waals surface area (Å²) in [5.74, 6) is -0.102. The van der Waals surface area contributed by atoms with Crippen LogP contribution >= 0.6 is 0 Å². The topological polar surface area (TPSA) is 52.7 Å². The fraction of sp³-hybridized carbons (Fsp3) is 0.500. The summed E-state index contributed by atoms with van der Waals surface area (Å²) in [6.45, 7) is 7.48. The van der Waals surface area contributed by atoms with Gasteiger partial charge in [0, 0.05) is 36.4 Å². The Morgan fingerprint density at radius 2 is 2.12 bits per heavy atom. The number of hydrogen-bond acceptors (Lipinski definition) is 3. The van der Waals surface area contributed by atoms with Gasteiger partial charge in [-0.2, -0.15) is 0 Å². The molecule has 5 nitrogen and oxygen atoms in total. The normalized spacial score (nSPS) is 23.7. The minimum Gasteiger partial charge on any atom is -0.349 e. The lowest BCUT2D eigenvalue weighted by molar-refractivity contribution is -0.114. The number of anilines is 1. The third-order valence-corrected chi connectivity index (χ3v) is 5.44. The SMILES string of the molecule is C=CC(=O)N1CCCc2cc(C(=O)NC3CCN(C)C(C)C3)ccc21. The maximum Gasteiger partial charge on any atom is 0.251 e. The number of piperidine rings is 1. The molecule has 0 aliphatic carbocycles. The van der Waals surface area contributed by atoms with Gasteiger partial charge in [-0.15, -0.1) is 0 Å². The van der Waals surface area contributed by atoms with Gasteiger partial charge in [0.25, 0.3) is 5.91 Å². The molecule has 1 N–H and O–H groups in total. The number of aryl methyl sites for hydroxylation is 1. The third kappa shape index (κ3) is 3.76. The average molecular weight is 341 g/mol. The molecule has 2 aliphatic heterocycles. The molecule has 0 aromatic heterocycles. The molecule has 3 rings (SSSR count). The number of benzene rings is 1. The molecule has 2 amide bonds. The van der Waals surface area contributed by atoms with Gasteiger partial charge in [-0.3, -0.25) is 9.59 Å². The molecule has 1 aromatic carbocycles. The van der Waals surface area contributed by atoms with E-state index >= 15 is 0 Å². The fourth-order valence-electron chi connectivity index (χ4n) is 3.77. The van der Waals surface area contributed by atoms with Crippen LogP contribution in [0.5, 0.6) is 0 Å². The van der Waals surface area contributed by atoms with Gasteiger partial charge in [-0.25, -0.2) is 0 Å². The van der Waals surface area contributed by atoms with Gasteiger partial charge in [0.2, 0.25) is 5.91 Å². The summed E-state index contributed by atoms with van der Waals surface area (Å²) in [7, 11) is 2.13.